The Bertz CT molecular complexity index is 1330. The van der Waals surface area contributed by atoms with Crippen molar-refractivity contribution in [3.05, 3.63) is 90.3 Å². The van der Waals surface area contributed by atoms with Gasteiger partial charge in [0, 0.05) is 36.3 Å². The van der Waals surface area contributed by atoms with Crippen LogP contribution in [0.2, 0.25) is 0 Å². The van der Waals surface area contributed by atoms with Crippen molar-refractivity contribution in [1.82, 2.24) is 29.8 Å². The lowest BCUT2D eigenvalue weighted by Crippen LogP contribution is -2.39. The van der Waals surface area contributed by atoms with E-state index in [1.165, 1.54) is 18.5 Å². The molecular formula is C26H23FN6O2. The average Bonchev–Trinajstić information content (AvgIpc) is 2.90. The minimum atomic E-state index is -0.342. The summed E-state index contributed by atoms with van der Waals surface area (Å²) in [5.74, 6) is 0.812. The summed E-state index contributed by atoms with van der Waals surface area (Å²) in [7, 11) is 0. The third-order valence-electron chi connectivity index (χ3n) is 5.77. The van der Waals surface area contributed by atoms with Gasteiger partial charge in [-0.05, 0) is 62.6 Å². The Morgan fingerprint density at radius 1 is 1.03 bits per heavy atom. The minimum absolute atomic E-state index is 0.181. The fraction of sp³-hybridized carbons (Fsp3) is 0.231. The molecule has 8 nitrogen and oxygen atoms in total. The van der Waals surface area contributed by atoms with Crippen molar-refractivity contribution >= 4 is 5.91 Å². The highest BCUT2D eigenvalue weighted by Crippen LogP contribution is 2.32. The van der Waals surface area contributed by atoms with Gasteiger partial charge in [-0.25, -0.2) is 24.3 Å². The summed E-state index contributed by atoms with van der Waals surface area (Å²) >= 11 is 0. The standard InChI is InChI=1S/C26H23FN6O2/c1-17-13-24(35-20-10-8-19(27)9-11-20)32-25(30-17)23-7-2-3-12-33(23)26(34)22-6-4-5-21(31-22)18-14-28-16-29-15-18/h4-6,8-11,13-16,23H,2-3,7,12H2,1H3/t23-/m0/s1. The molecule has 0 aliphatic carbocycles. The molecule has 35 heavy (non-hydrogen) atoms. The van der Waals surface area contributed by atoms with Gasteiger partial charge in [-0.1, -0.05) is 6.07 Å². The van der Waals surface area contributed by atoms with Crippen LogP contribution in [0, 0.1) is 12.7 Å². The minimum Gasteiger partial charge on any atom is -0.439 e. The normalized spacial score (nSPS) is 15.6. The highest BCUT2D eigenvalue weighted by atomic mass is 19.1. The van der Waals surface area contributed by atoms with Crippen molar-refractivity contribution in [2.45, 2.75) is 32.2 Å². The Kier molecular flexibility index (Phi) is 6.38. The van der Waals surface area contributed by atoms with Gasteiger partial charge in [0.25, 0.3) is 5.91 Å². The second kappa shape index (κ2) is 9.92. The zero-order valence-corrected chi connectivity index (χ0v) is 19.1. The molecule has 1 aliphatic rings. The molecule has 176 valence electrons. The molecule has 0 spiro atoms. The Hall–Kier alpha value is -4.27. The summed E-state index contributed by atoms with van der Waals surface area (Å²) in [5, 5.41) is 0. The lowest BCUT2D eigenvalue weighted by Gasteiger charge is -2.34. The molecule has 4 aromatic rings. The van der Waals surface area contributed by atoms with Crippen molar-refractivity contribution in [3.63, 3.8) is 0 Å². The van der Waals surface area contributed by atoms with Crippen LogP contribution in [0.4, 0.5) is 4.39 Å². The topological polar surface area (TPSA) is 94.0 Å². The first-order chi connectivity index (χ1) is 17.1. The molecular weight excluding hydrogens is 447 g/mol. The molecule has 0 radical (unpaired) electrons. The number of ether oxygens (including phenoxy) is 1. The van der Waals surface area contributed by atoms with E-state index in [1.807, 2.05) is 13.0 Å². The quantitative estimate of drug-likeness (QED) is 0.408. The van der Waals surface area contributed by atoms with Gasteiger partial charge < -0.3 is 9.64 Å². The molecule has 9 heteroatoms. The van der Waals surface area contributed by atoms with Gasteiger partial charge in [0.15, 0.2) is 5.82 Å². The van der Waals surface area contributed by atoms with Crippen molar-refractivity contribution in [2.24, 2.45) is 0 Å². The summed E-state index contributed by atoms with van der Waals surface area (Å²) in [6, 6.07) is 12.5. The molecule has 3 aromatic heterocycles. The molecule has 1 fully saturated rings. The van der Waals surface area contributed by atoms with E-state index in [2.05, 4.69) is 24.9 Å². The number of pyridine rings is 1. The van der Waals surface area contributed by atoms with Crippen LogP contribution in [0.1, 0.15) is 47.3 Å². The number of aromatic nitrogens is 5. The molecule has 1 amide bonds. The first-order valence-electron chi connectivity index (χ1n) is 11.4. The van der Waals surface area contributed by atoms with Gasteiger partial charge >= 0.3 is 0 Å². The highest BCUT2D eigenvalue weighted by molar-refractivity contribution is 5.93. The Morgan fingerprint density at radius 2 is 1.83 bits per heavy atom. The fourth-order valence-corrected chi connectivity index (χ4v) is 4.12. The number of aryl methyl sites for hydroxylation is 1. The number of likely N-dealkylation sites (tertiary alicyclic amines) is 1. The second-order valence-electron chi connectivity index (χ2n) is 8.31. The average molecular weight is 471 g/mol. The molecule has 1 atom stereocenters. The third kappa shape index (κ3) is 5.13. The van der Waals surface area contributed by atoms with Crippen LogP contribution in [0.5, 0.6) is 11.6 Å². The zero-order chi connectivity index (χ0) is 24.2. The smallest absolute Gasteiger partial charge is 0.273 e. The summed E-state index contributed by atoms with van der Waals surface area (Å²) in [5.41, 5.74) is 2.43. The summed E-state index contributed by atoms with van der Waals surface area (Å²) in [4.78, 5) is 37.2. The monoisotopic (exact) mass is 470 g/mol. The van der Waals surface area contributed by atoms with E-state index in [4.69, 9.17) is 4.74 Å². The maximum atomic E-state index is 13.6. The van der Waals surface area contributed by atoms with E-state index in [-0.39, 0.29) is 17.8 Å². The van der Waals surface area contributed by atoms with E-state index in [9.17, 15) is 9.18 Å². The first kappa shape index (κ1) is 22.5. The lowest BCUT2D eigenvalue weighted by molar-refractivity contribution is 0.0592. The predicted octanol–water partition coefficient (Wildman–Crippen LogP) is 4.94. The SMILES string of the molecule is Cc1cc(Oc2ccc(F)cc2)nc([C@@H]2CCCCN2C(=O)c2cccc(-c3cncnc3)n2)n1. The number of carbonyl (C=O) groups is 1. The molecule has 0 bridgehead atoms. The number of benzene rings is 1. The Labute approximate surface area is 201 Å². The number of hydrogen-bond acceptors (Lipinski definition) is 7. The van der Waals surface area contributed by atoms with E-state index >= 15 is 0 Å². The summed E-state index contributed by atoms with van der Waals surface area (Å²) < 4.78 is 19.1. The summed E-state index contributed by atoms with van der Waals surface area (Å²) in [6.07, 6.45) is 7.35. The number of hydrogen-bond donors (Lipinski definition) is 0. The fourth-order valence-electron chi connectivity index (χ4n) is 4.12. The highest BCUT2D eigenvalue weighted by Gasteiger charge is 2.32. The van der Waals surface area contributed by atoms with E-state index < -0.39 is 0 Å². The Morgan fingerprint density at radius 3 is 2.63 bits per heavy atom. The third-order valence-corrected chi connectivity index (χ3v) is 5.77. The van der Waals surface area contributed by atoms with Crippen LogP contribution < -0.4 is 4.74 Å². The van der Waals surface area contributed by atoms with Gasteiger partial charge in [0.1, 0.15) is 23.6 Å². The largest absolute Gasteiger partial charge is 0.439 e. The molecule has 4 heterocycles. The van der Waals surface area contributed by atoms with Gasteiger partial charge in [-0.15, -0.1) is 0 Å². The number of carbonyl (C=O) groups excluding carboxylic acids is 1. The maximum Gasteiger partial charge on any atom is 0.273 e. The maximum absolute atomic E-state index is 13.6. The second-order valence-corrected chi connectivity index (χ2v) is 8.31. The van der Waals surface area contributed by atoms with E-state index in [0.717, 1.165) is 24.8 Å². The molecule has 0 unspecified atom stereocenters. The molecule has 0 saturated carbocycles. The number of halogens is 1. The van der Waals surface area contributed by atoms with Crippen molar-refractivity contribution < 1.29 is 13.9 Å². The van der Waals surface area contributed by atoms with Crippen LogP contribution in [0.15, 0.2) is 67.3 Å². The van der Waals surface area contributed by atoms with E-state index in [0.29, 0.717) is 41.1 Å². The molecule has 5 rings (SSSR count). The van der Waals surface area contributed by atoms with Crippen LogP contribution in [-0.4, -0.2) is 42.3 Å². The molecule has 1 saturated heterocycles. The predicted molar refractivity (Wildman–Crippen MR) is 126 cm³/mol. The van der Waals surface area contributed by atoms with Crippen molar-refractivity contribution in [2.75, 3.05) is 6.54 Å². The van der Waals surface area contributed by atoms with Crippen LogP contribution in [-0.2, 0) is 0 Å². The Balaban J connectivity index is 1.42. The van der Waals surface area contributed by atoms with Crippen molar-refractivity contribution in [3.8, 4) is 22.9 Å². The molecule has 0 N–H and O–H groups in total. The number of rotatable bonds is 5. The number of amides is 1. The van der Waals surface area contributed by atoms with Crippen LogP contribution in [0.3, 0.4) is 0 Å². The van der Waals surface area contributed by atoms with Gasteiger partial charge in [0.2, 0.25) is 5.88 Å². The number of nitrogens with zero attached hydrogens (tertiary/aromatic N) is 6. The van der Waals surface area contributed by atoms with Gasteiger partial charge in [-0.3, -0.25) is 4.79 Å². The van der Waals surface area contributed by atoms with Gasteiger partial charge in [0.05, 0.1) is 11.7 Å². The first-order valence-corrected chi connectivity index (χ1v) is 11.4. The lowest BCUT2D eigenvalue weighted by atomic mass is 10.0. The van der Waals surface area contributed by atoms with Crippen LogP contribution in [0.25, 0.3) is 11.3 Å². The van der Waals surface area contributed by atoms with E-state index in [1.54, 1.807) is 47.6 Å². The molecule has 1 aromatic carbocycles. The van der Waals surface area contributed by atoms with Crippen molar-refractivity contribution in [1.29, 1.82) is 0 Å². The van der Waals surface area contributed by atoms with Crippen LogP contribution >= 0.6 is 0 Å². The zero-order valence-electron chi connectivity index (χ0n) is 19.1. The summed E-state index contributed by atoms with van der Waals surface area (Å²) in [6.45, 7) is 2.43. The van der Waals surface area contributed by atoms with Gasteiger partial charge in [-0.2, -0.15) is 4.98 Å². The molecule has 1 aliphatic heterocycles. The number of piperidine rings is 1.